The van der Waals surface area contributed by atoms with Crippen molar-refractivity contribution in [3.8, 4) is 23.0 Å². The minimum absolute atomic E-state index is 0.269. The molecule has 0 aliphatic rings. The zero-order valence-corrected chi connectivity index (χ0v) is 15.8. The first-order chi connectivity index (χ1) is 12.5. The fraction of sp³-hybridized carbons (Fsp3) is 0.350. The summed E-state index contributed by atoms with van der Waals surface area (Å²) in [5, 5.41) is 2.83. The molecule has 0 saturated heterocycles. The molecule has 0 spiro atoms. The molecule has 0 unspecified atom stereocenters. The molecule has 0 bridgehead atoms. The first-order valence-corrected chi connectivity index (χ1v) is 8.32. The van der Waals surface area contributed by atoms with Gasteiger partial charge in [-0.15, -0.1) is 0 Å². The monoisotopic (exact) mass is 359 g/mol. The molecule has 0 atom stereocenters. The van der Waals surface area contributed by atoms with Crippen LogP contribution >= 0.6 is 0 Å². The van der Waals surface area contributed by atoms with E-state index in [1.54, 1.807) is 57.7 Å². The minimum Gasteiger partial charge on any atom is -0.497 e. The van der Waals surface area contributed by atoms with Crippen molar-refractivity contribution in [2.45, 2.75) is 13.8 Å². The predicted octanol–water partition coefficient (Wildman–Crippen LogP) is 4.00. The summed E-state index contributed by atoms with van der Waals surface area (Å²) in [6.07, 6.45) is 0. The number of hydrogen-bond donors (Lipinski definition) is 1. The average Bonchev–Trinajstić information content (AvgIpc) is 2.65. The molecule has 2 rings (SSSR count). The van der Waals surface area contributed by atoms with Crippen LogP contribution in [0.4, 0.5) is 5.69 Å². The molecule has 6 heteroatoms. The Balaban J connectivity index is 2.19. The highest BCUT2D eigenvalue weighted by atomic mass is 16.5. The van der Waals surface area contributed by atoms with Gasteiger partial charge < -0.3 is 24.3 Å². The van der Waals surface area contributed by atoms with Crippen molar-refractivity contribution in [3.05, 3.63) is 42.0 Å². The molecule has 0 heterocycles. The number of nitrogens with one attached hydrogen (secondary N) is 1. The molecule has 2 aromatic rings. The fourth-order valence-electron chi connectivity index (χ4n) is 2.27. The van der Waals surface area contributed by atoms with Gasteiger partial charge in [-0.25, -0.2) is 0 Å². The van der Waals surface area contributed by atoms with E-state index in [9.17, 15) is 4.79 Å². The molecule has 1 N–H and O–H groups in total. The molecule has 1 amide bonds. The van der Waals surface area contributed by atoms with Crippen molar-refractivity contribution in [2.24, 2.45) is 5.92 Å². The highest BCUT2D eigenvalue weighted by molar-refractivity contribution is 6.04. The molecule has 2 aromatic carbocycles. The van der Waals surface area contributed by atoms with Crippen molar-refractivity contribution in [3.63, 3.8) is 0 Å². The quantitative estimate of drug-likeness (QED) is 0.772. The maximum absolute atomic E-state index is 12.6. The first-order valence-electron chi connectivity index (χ1n) is 8.32. The minimum atomic E-state index is -0.269. The van der Waals surface area contributed by atoms with Crippen molar-refractivity contribution >= 4 is 11.6 Å². The number of hydrogen-bond acceptors (Lipinski definition) is 5. The summed E-state index contributed by atoms with van der Waals surface area (Å²) in [7, 11) is 4.66. The summed E-state index contributed by atoms with van der Waals surface area (Å²) in [6.45, 7) is 4.71. The number of rotatable bonds is 8. The number of benzene rings is 2. The largest absolute Gasteiger partial charge is 0.497 e. The number of methoxy groups -OCH3 is 3. The number of anilines is 1. The number of amides is 1. The second kappa shape index (κ2) is 8.99. The zero-order valence-electron chi connectivity index (χ0n) is 15.8. The van der Waals surface area contributed by atoms with E-state index < -0.39 is 0 Å². The Labute approximate surface area is 154 Å². The molecule has 26 heavy (non-hydrogen) atoms. The van der Waals surface area contributed by atoms with Crippen LogP contribution in [0.15, 0.2) is 36.4 Å². The van der Waals surface area contributed by atoms with Crippen LogP contribution in [0, 0.1) is 5.92 Å². The van der Waals surface area contributed by atoms with Gasteiger partial charge in [0.05, 0.1) is 27.9 Å². The molecule has 0 aliphatic carbocycles. The van der Waals surface area contributed by atoms with E-state index in [4.69, 9.17) is 18.9 Å². The Bertz CT molecular complexity index is 736. The highest BCUT2D eigenvalue weighted by Crippen LogP contribution is 2.30. The van der Waals surface area contributed by atoms with E-state index >= 15 is 0 Å². The van der Waals surface area contributed by atoms with Crippen LogP contribution in [0.3, 0.4) is 0 Å². The van der Waals surface area contributed by atoms with Crippen molar-refractivity contribution < 1.29 is 23.7 Å². The topological polar surface area (TPSA) is 66.0 Å². The lowest BCUT2D eigenvalue weighted by atomic mass is 10.1. The number of ether oxygens (including phenoxy) is 4. The van der Waals surface area contributed by atoms with E-state index in [-0.39, 0.29) is 5.91 Å². The van der Waals surface area contributed by atoms with E-state index in [1.807, 2.05) is 0 Å². The predicted molar refractivity (Wildman–Crippen MR) is 101 cm³/mol. The summed E-state index contributed by atoms with van der Waals surface area (Å²) in [5.41, 5.74) is 1.03. The Kier molecular flexibility index (Phi) is 6.72. The summed E-state index contributed by atoms with van der Waals surface area (Å²) in [5.74, 6) is 2.44. The smallest absolute Gasteiger partial charge is 0.255 e. The van der Waals surface area contributed by atoms with Gasteiger partial charge in [0.15, 0.2) is 11.5 Å². The molecule has 6 nitrogen and oxygen atoms in total. The maximum Gasteiger partial charge on any atom is 0.255 e. The standard InChI is InChI=1S/C20H25NO5/c1-13(2)12-26-18-7-6-14(8-19(18)25-5)20(22)21-15-9-16(23-3)11-17(10-15)24-4/h6-11,13H,12H2,1-5H3,(H,21,22). The van der Waals surface area contributed by atoms with E-state index in [0.29, 0.717) is 46.8 Å². The van der Waals surface area contributed by atoms with Gasteiger partial charge in [0.1, 0.15) is 11.5 Å². The third-order valence-electron chi connectivity index (χ3n) is 3.61. The summed E-state index contributed by atoms with van der Waals surface area (Å²) in [6, 6.07) is 10.3. The second-order valence-corrected chi connectivity index (χ2v) is 6.13. The third kappa shape index (κ3) is 5.05. The van der Waals surface area contributed by atoms with Crippen LogP contribution in [-0.2, 0) is 0 Å². The summed E-state index contributed by atoms with van der Waals surface area (Å²) in [4.78, 5) is 12.6. The average molecular weight is 359 g/mol. The highest BCUT2D eigenvalue weighted by Gasteiger charge is 2.13. The molecule has 0 aliphatic heterocycles. The van der Waals surface area contributed by atoms with Gasteiger partial charge in [0.25, 0.3) is 5.91 Å². The van der Waals surface area contributed by atoms with E-state index in [1.165, 1.54) is 0 Å². The van der Waals surface area contributed by atoms with E-state index in [0.717, 1.165) is 0 Å². The number of carbonyl (C=O) groups excluding carboxylic acids is 1. The van der Waals surface area contributed by atoms with E-state index in [2.05, 4.69) is 19.2 Å². The fourth-order valence-corrected chi connectivity index (χ4v) is 2.27. The SMILES string of the molecule is COc1cc(NC(=O)c2ccc(OCC(C)C)c(OC)c2)cc(OC)c1. The molecule has 140 valence electrons. The zero-order chi connectivity index (χ0) is 19.1. The summed E-state index contributed by atoms with van der Waals surface area (Å²) < 4.78 is 21.5. The lowest BCUT2D eigenvalue weighted by Crippen LogP contribution is -2.13. The Morgan fingerprint density at radius 1 is 0.923 bits per heavy atom. The number of carbonyl (C=O) groups is 1. The Morgan fingerprint density at radius 3 is 2.12 bits per heavy atom. The lowest BCUT2D eigenvalue weighted by molar-refractivity contribution is 0.102. The van der Waals surface area contributed by atoms with Crippen molar-refractivity contribution in [1.82, 2.24) is 0 Å². The van der Waals surface area contributed by atoms with Crippen molar-refractivity contribution in [1.29, 1.82) is 0 Å². The Morgan fingerprint density at radius 2 is 1.58 bits per heavy atom. The summed E-state index contributed by atoms with van der Waals surface area (Å²) >= 11 is 0. The molecule has 0 fully saturated rings. The van der Waals surface area contributed by atoms with Gasteiger partial charge in [-0.3, -0.25) is 4.79 Å². The van der Waals surface area contributed by atoms with Crippen LogP contribution in [-0.4, -0.2) is 33.8 Å². The van der Waals surface area contributed by atoms with Gasteiger partial charge in [-0.2, -0.15) is 0 Å². The molecule has 0 aromatic heterocycles. The second-order valence-electron chi connectivity index (χ2n) is 6.13. The molecule has 0 saturated carbocycles. The van der Waals surface area contributed by atoms with Gasteiger partial charge in [-0.05, 0) is 24.1 Å². The van der Waals surface area contributed by atoms with Crippen LogP contribution in [0.25, 0.3) is 0 Å². The first kappa shape index (κ1) is 19.4. The van der Waals surface area contributed by atoms with Crippen LogP contribution in [0.1, 0.15) is 24.2 Å². The van der Waals surface area contributed by atoms with Gasteiger partial charge in [0, 0.05) is 29.4 Å². The maximum atomic E-state index is 12.6. The molecular weight excluding hydrogens is 334 g/mol. The van der Waals surface area contributed by atoms with Crippen molar-refractivity contribution in [2.75, 3.05) is 33.3 Å². The third-order valence-corrected chi connectivity index (χ3v) is 3.61. The lowest BCUT2D eigenvalue weighted by Gasteiger charge is -2.14. The molecule has 0 radical (unpaired) electrons. The molecular formula is C20H25NO5. The Hall–Kier alpha value is -2.89. The normalized spacial score (nSPS) is 10.4. The van der Waals surface area contributed by atoms with Crippen LogP contribution in [0.5, 0.6) is 23.0 Å². The van der Waals surface area contributed by atoms with Gasteiger partial charge in [0.2, 0.25) is 0 Å². The van der Waals surface area contributed by atoms with Crippen LogP contribution < -0.4 is 24.3 Å². The van der Waals surface area contributed by atoms with Crippen LogP contribution in [0.2, 0.25) is 0 Å². The van der Waals surface area contributed by atoms with Gasteiger partial charge in [-0.1, -0.05) is 13.8 Å². The van der Waals surface area contributed by atoms with Gasteiger partial charge >= 0.3 is 0 Å².